The molecule has 0 radical (unpaired) electrons. The van der Waals surface area contributed by atoms with E-state index in [4.69, 9.17) is 5.26 Å². The minimum atomic E-state index is 0.191. The van der Waals surface area contributed by atoms with E-state index in [2.05, 4.69) is 33.3 Å². The van der Waals surface area contributed by atoms with Crippen LogP contribution in [0.15, 0.2) is 24.3 Å². The lowest BCUT2D eigenvalue weighted by Crippen LogP contribution is -2.50. The second-order valence-electron chi connectivity index (χ2n) is 8.43. The Hall–Kier alpha value is -1.90. The zero-order valence-corrected chi connectivity index (χ0v) is 16.1. The van der Waals surface area contributed by atoms with Gasteiger partial charge in [0.2, 0.25) is 5.91 Å². The number of likely N-dealkylation sites (tertiary alicyclic amines) is 2. The molecule has 5 heteroatoms. The molecule has 1 aliphatic carbocycles. The van der Waals surface area contributed by atoms with Crippen LogP contribution in [0.4, 0.5) is 0 Å². The van der Waals surface area contributed by atoms with Gasteiger partial charge in [-0.3, -0.25) is 14.6 Å². The number of carbonyl (C=O) groups excluding carboxylic acids is 1. The molecular formula is C22H30N4O. The Kier molecular flexibility index (Phi) is 5.75. The fourth-order valence-corrected chi connectivity index (χ4v) is 4.48. The number of nitrogens with zero attached hydrogens (tertiary/aromatic N) is 3. The normalized spacial score (nSPS) is 25.1. The number of carbonyl (C=O) groups is 1. The van der Waals surface area contributed by atoms with Gasteiger partial charge in [0.25, 0.3) is 0 Å². The monoisotopic (exact) mass is 366 g/mol. The first-order valence-corrected chi connectivity index (χ1v) is 10.5. The molecule has 0 unspecified atom stereocenters. The smallest absolute Gasteiger partial charge is 0.224 e. The summed E-state index contributed by atoms with van der Waals surface area (Å²) < 4.78 is 0. The van der Waals surface area contributed by atoms with E-state index < -0.39 is 0 Å². The molecule has 0 aromatic heterocycles. The molecular weight excluding hydrogens is 336 g/mol. The van der Waals surface area contributed by atoms with Crippen molar-refractivity contribution in [2.24, 2.45) is 5.92 Å². The highest BCUT2D eigenvalue weighted by molar-refractivity contribution is 5.79. The lowest BCUT2D eigenvalue weighted by molar-refractivity contribution is -0.127. The Morgan fingerprint density at radius 1 is 1.07 bits per heavy atom. The number of benzene rings is 1. The third-order valence-corrected chi connectivity index (χ3v) is 6.31. The van der Waals surface area contributed by atoms with Crippen molar-refractivity contribution in [3.05, 3.63) is 35.4 Å². The van der Waals surface area contributed by atoms with Gasteiger partial charge in [0.15, 0.2) is 0 Å². The Morgan fingerprint density at radius 2 is 1.81 bits per heavy atom. The van der Waals surface area contributed by atoms with Crippen LogP contribution in [-0.4, -0.2) is 54.0 Å². The number of piperidine rings is 2. The van der Waals surface area contributed by atoms with Gasteiger partial charge in [0.05, 0.1) is 17.6 Å². The largest absolute Gasteiger partial charge is 0.353 e. The molecule has 1 amide bonds. The number of hydrogen-bond donors (Lipinski definition) is 1. The van der Waals surface area contributed by atoms with Gasteiger partial charge in [0, 0.05) is 25.2 Å². The molecule has 1 saturated carbocycles. The van der Waals surface area contributed by atoms with Crippen LogP contribution < -0.4 is 5.32 Å². The summed E-state index contributed by atoms with van der Waals surface area (Å²) in [5.74, 6) is 0.483. The predicted octanol–water partition coefficient (Wildman–Crippen LogP) is 2.51. The van der Waals surface area contributed by atoms with Gasteiger partial charge in [-0.15, -0.1) is 0 Å². The Balaban J connectivity index is 1.24. The SMILES string of the molecule is N#Cc1ccc(CN2CCC(N3CCC[C@@H](C(=O)NC4CC4)C3)CC2)cc1. The third-order valence-electron chi connectivity index (χ3n) is 6.31. The molecule has 1 N–H and O–H groups in total. The van der Waals surface area contributed by atoms with E-state index in [1.807, 2.05) is 12.1 Å². The number of amides is 1. The second kappa shape index (κ2) is 8.41. The first kappa shape index (κ1) is 18.5. The van der Waals surface area contributed by atoms with E-state index in [9.17, 15) is 4.79 Å². The van der Waals surface area contributed by atoms with Crippen LogP contribution in [0.1, 0.15) is 49.7 Å². The van der Waals surface area contributed by atoms with Crippen LogP contribution in [-0.2, 0) is 11.3 Å². The molecule has 0 bridgehead atoms. The molecule has 0 spiro atoms. The molecule has 2 aliphatic heterocycles. The van der Waals surface area contributed by atoms with Crippen molar-refractivity contribution >= 4 is 5.91 Å². The van der Waals surface area contributed by atoms with E-state index >= 15 is 0 Å². The van der Waals surface area contributed by atoms with Crippen molar-refractivity contribution in [3.8, 4) is 6.07 Å². The van der Waals surface area contributed by atoms with Gasteiger partial charge in [-0.05, 0) is 75.9 Å². The molecule has 2 saturated heterocycles. The number of nitriles is 1. The summed E-state index contributed by atoms with van der Waals surface area (Å²) in [4.78, 5) is 17.5. The topological polar surface area (TPSA) is 59.4 Å². The average Bonchev–Trinajstić information content (AvgIpc) is 3.53. The number of hydrogen-bond acceptors (Lipinski definition) is 4. The van der Waals surface area contributed by atoms with Gasteiger partial charge in [-0.1, -0.05) is 12.1 Å². The molecule has 1 aromatic rings. The Bertz CT molecular complexity index is 683. The fraction of sp³-hybridized carbons (Fsp3) is 0.636. The van der Waals surface area contributed by atoms with Gasteiger partial charge in [-0.25, -0.2) is 0 Å². The minimum absolute atomic E-state index is 0.191. The zero-order valence-electron chi connectivity index (χ0n) is 16.1. The molecule has 1 aromatic carbocycles. The maximum Gasteiger partial charge on any atom is 0.224 e. The highest BCUT2D eigenvalue weighted by Gasteiger charge is 2.33. The van der Waals surface area contributed by atoms with E-state index in [0.717, 1.165) is 51.1 Å². The Morgan fingerprint density at radius 3 is 2.48 bits per heavy atom. The van der Waals surface area contributed by atoms with Gasteiger partial charge < -0.3 is 5.32 Å². The lowest BCUT2D eigenvalue weighted by Gasteiger charge is -2.42. The van der Waals surface area contributed by atoms with Crippen LogP contribution in [0.5, 0.6) is 0 Å². The van der Waals surface area contributed by atoms with Crippen LogP contribution >= 0.6 is 0 Å². The van der Waals surface area contributed by atoms with E-state index in [-0.39, 0.29) is 5.92 Å². The van der Waals surface area contributed by atoms with Gasteiger partial charge in [0.1, 0.15) is 0 Å². The van der Waals surface area contributed by atoms with Gasteiger partial charge in [-0.2, -0.15) is 5.26 Å². The number of rotatable bonds is 5. The average molecular weight is 367 g/mol. The number of nitrogens with one attached hydrogen (secondary N) is 1. The van der Waals surface area contributed by atoms with Crippen LogP contribution in [0.3, 0.4) is 0 Å². The van der Waals surface area contributed by atoms with Crippen molar-refractivity contribution in [1.29, 1.82) is 5.26 Å². The van der Waals surface area contributed by atoms with Gasteiger partial charge >= 0.3 is 0 Å². The van der Waals surface area contributed by atoms with E-state index in [1.165, 1.54) is 31.2 Å². The zero-order chi connectivity index (χ0) is 18.6. The summed E-state index contributed by atoms with van der Waals surface area (Å²) in [6.45, 7) is 5.28. The summed E-state index contributed by atoms with van der Waals surface area (Å²) in [6.07, 6.45) is 6.90. The summed E-state index contributed by atoms with van der Waals surface area (Å²) >= 11 is 0. The second-order valence-corrected chi connectivity index (χ2v) is 8.43. The molecule has 2 heterocycles. The van der Waals surface area contributed by atoms with Crippen LogP contribution in [0.2, 0.25) is 0 Å². The quantitative estimate of drug-likeness (QED) is 0.870. The van der Waals surface area contributed by atoms with Crippen LogP contribution in [0.25, 0.3) is 0 Å². The van der Waals surface area contributed by atoms with Crippen LogP contribution in [0, 0.1) is 17.2 Å². The summed E-state index contributed by atoms with van der Waals surface area (Å²) in [6, 6.07) is 11.2. The van der Waals surface area contributed by atoms with Crippen molar-refractivity contribution in [2.45, 2.75) is 57.2 Å². The van der Waals surface area contributed by atoms with Crippen molar-refractivity contribution < 1.29 is 4.79 Å². The first-order chi connectivity index (χ1) is 13.2. The molecule has 27 heavy (non-hydrogen) atoms. The van der Waals surface area contributed by atoms with Crippen molar-refractivity contribution in [2.75, 3.05) is 26.2 Å². The van der Waals surface area contributed by atoms with E-state index in [1.54, 1.807) is 0 Å². The maximum absolute atomic E-state index is 12.4. The standard InChI is InChI=1S/C22H30N4O/c23-14-17-3-5-18(6-4-17)15-25-12-9-21(10-13-25)26-11-1-2-19(16-26)22(27)24-20-7-8-20/h3-6,19-21H,1-2,7-13,15-16H2,(H,24,27)/t19-/m1/s1. The first-order valence-electron chi connectivity index (χ1n) is 10.5. The maximum atomic E-state index is 12.4. The minimum Gasteiger partial charge on any atom is -0.353 e. The summed E-state index contributed by atoms with van der Waals surface area (Å²) in [7, 11) is 0. The van der Waals surface area contributed by atoms with E-state index in [0.29, 0.717) is 18.0 Å². The highest BCUT2D eigenvalue weighted by atomic mass is 16.2. The molecule has 3 aliphatic rings. The summed E-state index contributed by atoms with van der Waals surface area (Å²) in [5.41, 5.74) is 2.00. The molecule has 4 rings (SSSR count). The summed E-state index contributed by atoms with van der Waals surface area (Å²) in [5, 5.41) is 12.1. The third kappa shape index (κ3) is 4.88. The Labute approximate surface area is 162 Å². The predicted molar refractivity (Wildman–Crippen MR) is 105 cm³/mol. The van der Waals surface area contributed by atoms with Crippen molar-refractivity contribution in [3.63, 3.8) is 0 Å². The molecule has 3 fully saturated rings. The highest BCUT2D eigenvalue weighted by Crippen LogP contribution is 2.26. The molecule has 144 valence electrons. The lowest BCUT2D eigenvalue weighted by atomic mass is 9.93. The fourth-order valence-electron chi connectivity index (χ4n) is 4.48. The molecule has 5 nitrogen and oxygen atoms in total. The molecule has 1 atom stereocenters. The van der Waals surface area contributed by atoms with Crippen molar-refractivity contribution in [1.82, 2.24) is 15.1 Å².